The minimum absolute atomic E-state index is 0.0124. The summed E-state index contributed by atoms with van der Waals surface area (Å²) in [4.78, 5) is 3.69. The molecule has 1 aromatic rings. The first kappa shape index (κ1) is 15.0. The SMILES string of the molecule is CCS(=O)(=O)N1CC(Oc2cc(C(F)(F)F)ccn2)C1. The van der Waals surface area contributed by atoms with Gasteiger partial charge in [-0.05, 0) is 13.0 Å². The fourth-order valence-electron chi connectivity index (χ4n) is 1.71. The molecule has 2 heterocycles. The van der Waals surface area contributed by atoms with Crippen molar-refractivity contribution in [3.8, 4) is 5.88 Å². The Labute approximate surface area is 114 Å². The molecular weight excluding hydrogens is 297 g/mol. The Morgan fingerprint density at radius 3 is 2.65 bits per heavy atom. The smallest absolute Gasteiger partial charge is 0.416 e. The number of sulfonamides is 1. The van der Waals surface area contributed by atoms with Crippen molar-refractivity contribution < 1.29 is 26.3 Å². The number of alkyl halides is 3. The third-order valence-corrected chi connectivity index (χ3v) is 4.74. The number of nitrogens with zero attached hydrogens (tertiary/aromatic N) is 2. The Bertz CT molecular complexity index is 583. The van der Waals surface area contributed by atoms with Crippen molar-refractivity contribution in [2.24, 2.45) is 0 Å². The van der Waals surface area contributed by atoms with Gasteiger partial charge in [-0.3, -0.25) is 0 Å². The molecular formula is C11H13F3N2O3S. The summed E-state index contributed by atoms with van der Waals surface area (Å²) in [6, 6.07) is 1.65. The molecule has 0 bridgehead atoms. The van der Waals surface area contributed by atoms with Crippen LogP contribution in [0.5, 0.6) is 5.88 Å². The first-order valence-corrected chi connectivity index (χ1v) is 7.51. The van der Waals surface area contributed by atoms with E-state index >= 15 is 0 Å². The van der Waals surface area contributed by atoms with Gasteiger partial charge >= 0.3 is 6.18 Å². The van der Waals surface area contributed by atoms with Gasteiger partial charge in [0.15, 0.2) is 0 Å². The molecule has 5 nitrogen and oxygen atoms in total. The Kier molecular flexibility index (Phi) is 3.92. The molecule has 1 aliphatic rings. The van der Waals surface area contributed by atoms with Crippen molar-refractivity contribution >= 4 is 10.0 Å². The predicted octanol–water partition coefficient (Wildman–Crippen LogP) is 1.51. The number of ether oxygens (including phenoxy) is 1. The lowest BCUT2D eigenvalue weighted by Gasteiger charge is -2.37. The van der Waals surface area contributed by atoms with Crippen LogP contribution in [0.25, 0.3) is 0 Å². The van der Waals surface area contributed by atoms with E-state index in [-0.39, 0.29) is 24.7 Å². The van der Waals surface area contributed by atoms with Crippen molar-refractivity contribution in [3.63, 3.8) is 0 Å². The fourth-order valence-corrected chi connectivity index (χ4v) is 2.86. The van der Waals surface area contributed by atoms with Gasteiger partial charge < -0.3 is 4.74 Å². The molecule has 0 unspecified atom stereocenters. The molecule has 0 radical (unpaired) electrons. The first-order valence-electron chi connectivity index (χ1n) is 5.90. The van der Waals surface area contributed by atoms with E-state index in [0.717, 1.165) is 18.3 Å². The van der Waals surface area contributed by atoms with Crippen molar-refractivity contribution in [2.75, 3.05) is 18.8 Å². The highest BCUT2D eigenvalue weighted by Gasteiger charge is 2.37. The Hall–Kier alpha value is -1.35. The van der Waals surface area contributed by atoms with Gasteiger partial charge in [-0.1, -0.05) is 0 Å². The van der Waals surface area contributed by atoms with Crippen LogP contribution in [0, 0.1) is 0 Å². The first-order chi connectivity index (χ1) is 9.22. The van der Waals surface area contributed by atoms with Crippen LogP contribution < -0.4 is 4.74 Å². The second-order valence-electron chi connectivity index (χ2n) is 4.34. The average Bonchev–Trinajstić information content (AvgIpc) is 2.32. The third-order valence-electron chi connectivity index (χ3n) is 2.92. The van der Waals surface area contributed by atoms with Crippen LogP contribution in [0.2, 0.25) is 0 Å². The highest BCUT2D eigenvalue weighted by Crippen LogP contribution is 2.31. The van der Waals surface area contributed by atoms with Gasteiger partial charge in [0, 0.05) is 12.3 Å². The molecule has 0 aliphatic carbocycles. The highest BCUT2D eigenvalue weighted by molar-refractivity contribution is 7.89. The van der Waals surface area contributed by atoms with Crippen LogP contribution in [0.3, 0.4) is 0 Å². The normalized spacial score (nSPS) is 17.8. The quantitative estimate of drug-likeness (QED) is 0.846. The largest absolute Gasteiger partial charge is 0.472 e. The maximum absolute atomic E-state index is 12.5. The van der Waals surface area contributed by atoms with E-state index in [1.807, 2.05) is 0 Å². The van der Waals surface area contributed by atoms with E-state index in [2.05, 4.69) is 4.98 Å². The summed E-state index contributed by atoms with van der Waals surface area (Å²) in [7, 11) is -3.27. The Morgan fingerprint density at radius 1 is 1.45 bits per heavy atom. The molecule has 1 saturated heterocycles. The van der Waals surface area contributed by atoms with E-state index in [0.29, 0.717) is 0 Å². The van der Waals surface area contributed by atoms with Crippen LogP contribution in [0.4, 0.5) is 13.2 Å². The second kappa shape index (κ2) is 5.21. The maximum Gasteiger partial charge on any atom is 0.416 e. The lowest BCUT2D eigenvalue weighted by atomic mass is 10.2. The number of pyridine rings is 1. The van der Waals surface area contributed by atoms with Crippen LogP contribution >= 0.6 is 0 Å². The summed E-state index contributed by atoms with van der Waals surface area (Å²) in [5, 5.41) is 0. The highest BCUT2D eigenvalue weighted by atomic mass is 32.2. The standard InChI is InChI=1S/C11H13F3N2O3S/c1-2-20(17,18)16-6-9(7-16)19-10-5-8(3-4-15-10)11(12,13)14/h3-5,9H,2,6-7H2,1H3. The number of rotatable bonds is 4. The van der Waals surface area contributed by atoms with Crippen molar-refractivity contribution in [1.29, 1.82) is 0 Å². The molecule has 1 aliphatic heterocycles. The van der Waals surface area contributed by atoms with Crippen LogP contribution in [0.15, 0.2) is 18.3 Å². The van der Waals surface area contributed by atoms with Gasteiger partial charge in [0.1, 0.15) is 6.10 Å². The summed E-state index contributed by atoms with van der Waals surface area (Å²) in [6.07, 6.45) is -3.91. The average molecular weight is 310 g/mol. The van der Waals surface area contributed by atoms with Gasteiger partial charge in [-0.2, -0.15) is 17.5 Å². The Balaban J connectivity index is 1.97. The zero-order valence-electron chi connectivity index (χ0n) is 10.6. The summed E-state index contributed by atoms with van der Waals surface area (Å²) in [6.45, 7) is 1.79. The molecule has 2 rings (SSSR count). The molecule has 112 valence electrons. The molecule has 0 atom stereocenters. The summed E-state index contributed by atoms with van der Waals surface area (Å²) in [5.41, 5.74) is -0.847. The molecule has 1 aromatic heterocycles. The van der Waals surface area contributed by atoms with Crippen LogP contribution in [0.1, 0.15) is 12.5 Å². The molecule has 9 heteroatoms. The summed E-state index contributed by atoms with van der Waals surface area (Å²) in [5.74, 6) is -0.167. The number of aromatic nitrogens is 1. The van der Waals surface area contributed by atoms with E-state index < -0.39 is 27.9 Å². The van der Waals surface area contributed by atoms with Gasteiger partial charge in [0.25, 0.3) is 0 Å². The van der Waals surface area contributed by atoms with Crippen molar-refractivity contribution in [3.05, 3.63) is 23.9 Å². The summed E-state index contributed by atoms with van der Waals surface area (Å²) >= 11 is 0. The maximum atomic E-state index is 12.5. The third kappa shape index (κ3) is 3.21. The molecule has 0 amide bonds. The monoisotopic (exact) mass is 310 g/mol. The topological polar surface area (TPSA) is 59.5 Å². The van der Waals surface area contributed by atoms with E-state index in [4.69, 9.17) is 4.74 Å². The molecule has 20 heavy (non-hydrogen) atoms. The predicted molar refractivity (Wildman–Crippen MR) is 64.7 cm³/mol. The van der Waals surface area contributed by atoms with Crippen LogP contribution in [-0.2, 0) is 16.2 Å². The molecule has 1 fully saturated rings. The molecule has 0 saturated carbocycles. The zero-order chi connectivity index (χ0) is 15.0. The number of halogens is 3. The van der Waals surface area contributed by atoms with Gasteiger partial charge in [-0.25, -0.2) is 13.4 Å². The van der Waals surface area contributed by atoms with Gasteiger partial charge in [0.05, 0.1) is 24.4 Å². The molecule has 0 spiro atoms. The summed E-state index contributed by atoms with van der Waals surface area (Å²) < 4.78 is 66.9. The van der Waals surface area contributed by atoms with Crippen molar-refractivity contribution in [2.45, 2.75) is 19.2 Å². The van der Waals surface area contributed by atoms with Crippen LogP contribution in [-0.4, -0.2) is 42.7 Å². The minimum atomic E-state index is -4.46. The van der Waals surface area contributed by atoms with E-state index in [1.165, 1.54) is 11.2 Å². The lowest BCUT2D eigenvalue weighted by Crippen LogP contribution is -2.56. The number of hydrogen-bond donors (Lipinski definition) is 0. The van der Waals surface area contributed by atoms with E-state index in [9.17, 15) is 21.6 Å². The van der Waals surface area contributed by atoms with Crippen molar-refractivity contribution in [1.82, 2.24) is 9.29 Å². The molecule has 0 N–H and O–H groups in total. The molecule has 0 aromatic carbocycles. The zero-order valence-corrected chi connectivity index (χ0v) is 11.4. The lowest BCUT2D eigenvalue weighted by molar-refractivity contribution is -0.137. The Morgan fingerprint density at radius 2 is 2.10 bits per heavy atom. The minimum Gasteiger partial charge on any atom is -0.472 e. The fraction of sp³-hybridized carbons (Fsp3) is 0.545. The van der Waals surface area contributed by atoms with E-state index in [1.54, 1.807) is 0 Å². The van der Waals surface area contributed by atoms with Gasteiger partial charge in [-0.15, -0.1) is 0 Å². The second-order valence-corrected chi connectivity index (χ2v) is 6.60. The number of hydrogen-bond acceptors (Lipinski definition) is 4. The van der Waals surface area contributed by atoms with Gasteiger partial charge in [0.2, 0.25) is 15.9 Å².